The van der Waals surface area contributed by atoms with Crippen molar-refractivity contribution < 1.29 is 9.53 Å². The molecule has 0 saturated carbocycles. The summed E-state index contributed by atoms with van der Waals surface area (Å²) >= 11 is 0. The quantitative estimate of drug-likeness (QED) is 0.829. The summed E-state index contributed by atoms with van der Waals surface area (Å²) in [5.74, 6) is 1.61. The summed E-state index contributed by atoms with van der Waals surface area (Å²) in [5.41, 5.74) is 0.478. The van der Waals surface area contributed by atoms with Crippen LogP contribution in [0.25, 0.3) is 0 Å². The standard InChI is InChI=1S/C16H27N5O2/c1-12-11-13(18-14(17-12)19(5)6)20-7-9-21(10-8-20)15(22)23-16(2,3)4/h11H,7-10H2,1-6H3. The summed E-state index contributed by atoms with van der Waals surface area (Å²) in [6.45, 7) is 10.4. The number of amides is 1. The van der Waals surface area contributed by atoms with Crippen molar-refractivity contribution in [3.63, 3.8) is 0 Å². The number of rotatable bonds is 2. The summed E-state index contributed by atoms with van der Waals surface area (Å²) < 4.78 is 5.42. The molecule has 1 fully saturated rings. The Labute approximate surface area is 138 Å². The van der Waals surface area contributed by atoms with Crippen LogP contribution in [0.4, 0.5) is 16.6 Å². The van der Waals surface area contributed by atoms with Crippen LogP contribution in [0.5, 0.6) is 0 Å². The van der Waals surface area contributed by atoms with Crippen molar-refractivity contribution in [2.45, 2.75) is 33.3 Å². The smallest absolute Gasteiger partial charge is 0.410 e. The number of anilines is 2. The van der Waals surface area contributed by atoms with E-state index in [1.165, 1.54) is 0 Å². The highest BCUT2D eigenvalue weighted by molar-refractivity contribution is 5.68. The van der Waals surface area contributed by atoms with Gasteiger partial charge in [-0.2, -0.15) is 4.98 Å². The maximum absolute atomic E-state index is 12.1. The Morgan fingerprint density at radius 1 is 1.17 bits per heavy atom. The minimum atomic E-state index is -0.460. The minimum absolute atomic E-state index is 0.245. The fourth-order valence-electron chi connectivity index (χ4n) is 2.34. The second kappa shape index (κ2) is 6.60. The van der Waals surface area contributed by atoms with Gasteiger partial charge >= 0.3 is 6.09 Å². The average molecular weight is 321 g/mol. The number of ether oxygens (including phenoxy) is 1. The van der Waals surface area contributed by atoms with E-state index in [1.807, 2.05) is 52.8 Å². The molecule has 1 amide bonds. The molecule has 0 aromatic carbocycles. The van der Waals surface area contributed by atoms with Crippen LogP contribution in [0.2, 0.25) is 0 Å². The lowest BCUT2D eigenvalue weighted by Gasteiger charge is -2.36. The number of carbonyl (C=O) groups is 1. The summed E-state index contributed by atoms with van der Waals surface area (Å²) in [6, 6.07) is 1.98. The summed E-state index contributed by atoms with van der Waals surface area (Å²) in [6.07, 6.45) is -0.245. The van der Waals surface area contributed by atoms with E-state index in [1.54, 1.807) is 4.90 Å². The zero-order chi connectivity index (χ0) is 17.2. The van der Waals surface area contributed by atoms with Crippen molar-refractivity contribution in [1.29, 1.82) is 0 Å². The molecule has 0 aliphatic carbocycles. The van der Waals surface area contributed by atoms with Gasteiger partial charge in [0.2, 0.25) is 5.95 Å². The van der Waals surface area contributed by atoms with Gasteiger partial charge in [-0.3, -0.25) is 0 Å². The first-order chi connectivity index (χ1) is 10.7. The Bertz CT molecular complexity index is 560. The normalized spacial score (nSPS) is 15.6. The first-order valence-corrected chi connectivity index (χ1v) is 7.91. The van der Waals surface area contributed by atoms with Crippen LogP contribution < -0.4 is 9.80 Å². The predicted molar refractivity (Wildman–Crippen MR) is 91.1 cm³/mol. The Morgan fingerprint density at radius 2 is 1.78 bits per heavy atom. The van der Waals surface area contributed by atoms with E-state index in [0.717, 1.165) is 24.6 Å². The van der Waals surface area contributed by atoms with E-state index in [9.17, 15) is 4.79 Å². The van der Waals surface area contributed by atoms with Crippen LogP contribution in [0, 0.1) is 6.92 Å². The summed E-state index contributed by atoms with van der Waals surface area (Å²) in [7, 11) is 3.86. The number of aromatic nitrogens is 2. The molecule has 1 aromatic rings. The summed E-state index contributed by atoms with van der Waals surface area (Å²) in [5, 5.41) is 0. The monoisotopic (exact) mass is 321 g/mol. The second-order valence-corrected chi connectivity index (χ2v) is 7.02. The lowest BCUT2D eigenvalue weighted by atomic mass is 10.2. The van der Waals surface area contributed by atoms with Crippen LogP contribution in [-0.4, -0.2) is 66.8 Å². The molecule has 0 atom stereocenters. The number of carbonyl (C=O) groups excluding carboxylic acids is 1. The van der Waals surface area contributed by atoms with Crippen LogP contribution in [0.15, 0.2) is 6.07 Å². The Balaban J connectivity index is 2.01. The van der Waals surface area contributed by atoms with E-state index in [0.29, 0.717) is 19.0 Å². The van der Waals surface area contributed by atoms with E-state index in [4.69, 9.17) is 4.74 Å². The van der Waals surface area contributed by atoms with Crippen LogP contribution >= 0.6 is 0 Å². The topological polar surface area (TPSA) is 61.8 Å². The predicted octanol–water partition coefficient (Wildman–Crippen LogP) is 1.91. The van der Waals surface area contributed by atoms with Gasteiger partial charge in [0.05, 0.1) is 0 Å². The minimum Gasteiger partial charge on any atom is -0.444 e. The third-order valence-electron chi connectivity index (χ3n) is 3.48. The number of aryl methyl sites for hydroxylation is 1. The van der Waals surface area contributed by atoms with Crippen molar-refractivity contribution in [3.05, 3.63) is 11.8 Å². The molecule has 1 aliphatic rings. The number of hydrogen-bond acceptors (Lipinski definition) is 6. The molecule has 2 heterocycles. The first kappa shape index (κ1) is 17.3. The molecular weight excluding hydrogens is 294 g/mol. The molecule has 128 valence electrons. The van der Waals surface area contributed by atoms with Gasteiger partial charge in [0, 0.05) is 52.0 Å². The number of nitrogens with zero attached hydrogens (tertiary/aromatic N) is 5. The Morgan fingerprint density at radius 3 is 2.30 bits per heavy atom. The van der Waals surface area contributed by atoms with E-state index >= 15 is 0 Å². The average Bonchev–Trinajstić information content (AvgIpc) is 2.45. The van der Waals surface area contributed by atoms with Crippen LogP contribution in [0.1, 0.15) is 26.5 Å². The Hall–Kier alpha value is -2.05. The molecule has 7 heteroatoms. The van der Waals surface area contributed by atoms with Crippen molar-refractivity contribution in [1.82, 2.24) is 14.9 Å². The van der Waals surface area contributed by atoms with Crippen LogP contribution in [-0.2, 0) is 4.74 Å². The molecule has 0 unspecified atom stereocenters. The first-order valence-electron chi connectivity index (χ1n) is 7.91. The van der Waals surface area contributed by atoms with Gasteiger partial charge in [-0.05, 0) is 27.7 Å². The number of hydrogen-bond donors (Lipinski definition) is 0. The van der Waals surface area contributed by atoms with Gasteiger partial charge in [-0.25, -0.2) is 9.78 Å². The van der Waals surface area contributed by atoms with Crippen LogP contribution in [0.3, 0.4) is 0 Å². The van der Waals surface area contributed by atoms with Crippen molar-refractivity contribution in [2.24, 2.45) is 0 Å². The molecule has 2 rings (SSSR count). The van der Waals surface area contributed by atoms with Crippen molar-refractivity contribution in [3.8, 4) is 0 Å². The molecule has 0 bridgehead atoms. The third kappa shape index (κ3) is 4.71. The van der Waals surface area contributed by atoms with Gasteiger partial charge in [-0.15, -0.1) is 0 Å². The van der Waals surface area contributed by atoms with Gasteiger partial charge in [0.15, 0.2) is 0 Å². The molecule has 0 spiro atoms. The molecule has 0 radical (unpaired) electrons. The van der Waals surface area contributed by atoms with Gasteiger partial charge in [0.25, 0.3) is 0 Å². The fourth-order valence-corrected chi connectivity index (χ4v) is 2.34. The lowest BCUT2D eigenvalue weighted by molar-refractivity contribution is 0.0240. The Kier molecular flexibility index (Phi) is 4.97. The highest BCUT2D eigenvalue weighted by atomic mass is 16.6. The molecule has 7 nitrogen and oxygen atoms in total. The van der Waals surface area contributed by atoms with Crippen molar-refractivity contribution in [2.75, 3.05) is 50.1 Å². The van der Waals surface area contributed by atoms with Crippen molar-refractivity contribution >= 4 is 17.9 Å². The van der Waals surface area contributed by atoms with E-state index < -0.39 is 5.60 Å². The maximum atomic E-state index is 12.1. The maximum Gasteiger partial charge on any atom is 0.410 e. The van der Waals surface area contributed by atoms with E-state index in [-0.39, 0.29) is 6.09 Å². The second-order valence-electron chi connectivity index (χ2n) is 7.02. The van der Waals surface area contributed by atoms with Gasteiger partial charge in [0.1, 0.15) is 11.4 Å². The third-order valence-corrected chi connectivity index (χ3v) is 3.48. The van der Waals surface area contributed by atoms with Gasteiger partial charge in [-0.1, -0.05) is 0 Å². The molecule has 1 aliphatic heterocycles. The molecule has 1 aromatic heterocycles. The zero-order valence-electron chi connectivity index (χ0n) is 15.0. The highest BCUT2D eigenvalue weighted by Crippen LogP contribution is 2.19. The summed E-state index contributed by atoms with van der Waals surface area (Å²) in [4.78, 5) is 26.9. The molecular formula is C16H27N5O2. The largest absolute Gasteiger partial charge is 0.444 e. The molecule has 1 saturated heterocycles. The molecule has 0 N–H and O–H groups in total. The fraction of sp³-hybridized carbons (Fsp3) is 0.688. The van der Waals surface area contributed by atoms with Gasteiger partial charge < -0.3 is 19.4 Å². The SMILES string of the molecule is Cc1cc(N2CCN(C(=O)OC(C)(C)C)CC2)nc(N(C)C)n1. The number of piperazine rings is 1. The lowest BCUT2D eigenvalue weighted by Crippen LogP contribution is -2.50. The van der Waals surface area contributed by atoms with E-state index in [2.05, 4.69) is 14.9 Å². The highest BCUT2D eigenvalue weighted by Gasteiger charge is 2.26. The zero-order valence-corrected chi connectivity index (χ0v) is 15.0. The molecule has 23 heavy (non-hydrogen) atoms.